The molecule has 1 heterocycles. The summed E-state index contributed by atoms with van der Waals surface area (Å²) in [5.41, 5.74) is 1.71. The summed E-state index contributed by atoms with van der Waals surface area (Å²) < 4.78 is 14.3. The van der Waals surface area contributed by atoms with E-state index in [-0.39, 0.29) is 11.7 Å². The smallest absolute Gasteiger partial charge is 0.253 e. The van der Waals surface area contributed by atoms with Crippen molar-refractivity contribution in [3.05, 3.63) is 46.9 Å². The second-order valence-corrected chi connectivity index (χ2v) is 5.83. The lowest BCUT2D eigenvalue weighted by molar-refractivity contribution is -0.127. The maximum absolute atomic E-state index is 14.3. The van der Waals surface area contributed by atoms with Crippen LogP contribution in [0.2, 0.25) is 0 Å². The Labute approximate surface area is 142 Å². The van der Waals surface area contributed by atoms with Crippen molar-refractivity contribution >= 4 is 23.2 Å². The molecule has 4 nitrogen and oxygen atoms in total. The summed E-state index contributed by atoms with van der Waals surface area (Å²) in [6.07, 6.45) is 0. The van der Waals surface area contributed by atoms with Crippen LogP contribution >= 0.6 is 12.2 Å². The van der Waals surface area contributed by atoms with Crippen molar-refractivity contribution in [2.24, 2.45) is 0 Å². The van der Waals surface area contributed by atoms with E-state index in [1.54, 1.807) is 35.0 Å². The molecule has 1 aliphatic rings. The highest BCUT2D eigenvalue weighted by atomic mass is 32.1. The molecule has 0 spiro atoms. The number of carbonyl (C=O) groups is 1. The Morgan fingerprint density at radius 1 is 1.35 bits per heavy atom. The van der Waals surface area contributed by atoms with Gasteiger partial charge in [0.05, 0.1) is 11.6 Å². The molecule has 1 aromatic carbocycles. The molecule has 0 radical (unpaired) electrons. The fraction of sp³-hybridized carbons (Fsp3) is 0.412. The Morgan fingerprint density at radius 3 is 2.52 bits per heavy atom. The van der Waals surface area contributed by atoms with Crippen LogP contribution in [0.15, 0.2) is 35.5 Å². The Bertz CT molecular complexity index is 655. The van der Waals surface area contributed by atoms with Gasteiger partial charge in [0.1, 0.15) is 5.82 Å². The normalized spacial score (nSPS) is 18.0. The fourth-order valence-corrected chi connectivity index (χ4v) is 2.99. The molecule has 1 aliphatic heterocycles. The highest BCUT2D eigenvalue weighted by Crippen LogP contribution is 2.32. The van der Waals surface area contributed by atoms with Gasteiger partial charge in [-0.15, -0.1) is 0 Å². The molecule has 1 atom stereocenters. The molecule has 1 unspecified atom stereocenters. The van der Waals surface area contributed by atoms with Crippen LogP contribution in [0.3, 0.4) is 0 Å². The van der Waals surface area contributed by atoms with Gasteiger partial charge in [0.25, 0.3) is 5.91 Å². The lowest BCUT2D eigenvalue weighted by Crippen LogP contribution is -2.48. The van der Waals surface area contributed by atoms with Crippen LogP contribution in [-0.2, 0) is 4.79 Å². The van der Waals surface area contributed by atoms with E-state index in [9.17, 15) is 9.18 Å². The Kier molecular flexibility index (Phi) is 5.36. The fourth-order valence-electron chi connectivity index (χ4n) is 2.74. The Hall–Kier alpha value is -1.95. The van der Waals surface area contributed by atoms with Gasteiger partial charge in [-0.1, -0.05) is 18.2 Å². The van der Waals surface area contributed by atoms with Crippen LogP contribution in [0.25, 0.3) is 0 Å². The summed E-state index contributed by atoms with van der Waals surface area (Å²) >= 11 is 5.32. The number of amides is 1. The van der Waals surface area contributed by atoms with Gasteiger partial charge < -0.3 is 15.1 Å². The third-order valence-electron chi connectivity index (χ3n) is 4.25. The maximum Gasteiger partial charge on any atom is 0.253 e. The molecule has 0 saturated carbocycles. The lowest BCUT2D eigenvalue weighted by Gasteiger charge is -2.37. The summed E-state index contributed by atoms with van der Waals surface area (Å²) in [5, 5.41) is 3.58. The van der Waals surface area contributed by atoms with Crippen molar-refractivity contribution < 1.29 is 9.18 Å². The first-order valence-corrected chi connectivity index (χ1v) is 8.11. The predicted molar refractivity (Wildman–Crippen MR) is 93.3 cm³/mol. The molecule has 1 amide bonds. The van der Waals surface area contributed by atoms with Crippen LogP contribution < -0.4 is 5.32 Å². The highest BCUT2D eigenvalue weighted by Gasteiger charge is 2.35. The number of halogens is 1. The van der Waals surface area contributed by atoms with E-state index in [4.69, 9.17) is 12.2 Å². The number of allylic oxidation sites excluding steroid dienone is 1. The number of carbonyl (C=O) groups excluding carboxylic acids is 1. The third kappa shape index (κ3) is 3.22. The standard InChI is InChI=1S/C17H22FN3OS/c1-5-21(6-2)16(22)14-11(3)20(4)17(23)19-15(14)12-9-7-8-10-13(12)18/h7-10,15H,5-6H2,1-4H3,(H,19,23). The summed E-state index contributed by atoms with van der Waals surface area (Å²) in [4.78, 5) is 16.4. The van der Waals surface area contributed by atoms with E-state index >= 15 is 0 Å². The molecule has 0 bridgehead atoms. The Morgan fingerprint density at radius 2 is 1.96 bits per heavy atom. The van der Waals surface area contributed by atoms with E-state index < -0.39 is 6.04 Å². The minimum atomic E-state index is -0.576. The number of nitrogens with one attached hydrogen (secondary N) is 1. The SMILES string of the molecule is CCN(CC)C(=O)C1=C(C)N(C)C(=S)NC1c1ccccc1F. The van der Waals surface area contributed by atoms with Crippen LogP contribution in [-0.4, -0.2) is 41.0 Å². The summed E-state index contributed by atoms with van der Waals surface area (Å²) in [6, 6.07) is 5.90. The second kappa shape index (κ2) is 7.08. The van der Waals surface area contributed by atoms with Gasteiger partial charge in [-0.3, -0.25) is 4.79 Å². The van der Waals surface area contributed by atoms with Gasteiger partial charge in [0, 0.05) is 31.4 Å². The first-order chi connectivity index (χ1) is 10.9. The quantitative estimate of drug-likeness (QED) is 0.859. The van der Waals surface area contributed by atoms with E-state index in [1.165, 1.54) is 6.07 Å². The number of hydrogen-bond donors (Lipinski definition) is 1. The van der Waals surface area contributed by atoms with Gasteiger partial charge in [-0.25, -0.2) is 4.39 Å². The van der Waals surface area contributed by atoms with E-state index in [0.717, 1.165) is 5.70 Å². The van der Waals surface area contributed by atoms with E-state index in [0.29, 0.717) is 29.3 Å². The molecule has 1 N–H and O–H groups in total. The van der Waals surface area contributed by atoms with Crippen LogP contribution in [0, 0.1) is 5.82 Å². The molecule has 0 aromatic heterocycles. The van der Waals surface area contributed by atoms with Gasteiger partial charge in [-0.2, -0.15) is 0 Å². The first-order valence-electron chi connectivity index (χ1n) is 7.71. The molecule has 2 rings (SSSR count). The second-order valence-electron chi connectivity index (χ2n) is 5.44. The molecule has 1 aromatic rings. The van der Waals surface area contributed by atoms with Crippen LogP contribution in [0.4, 0.5) is 4.39 Å². The van der Waals surface area contributed by atoms with Crippen molar-refractivity contribution in [3.8, 4) is 0 Å². The summed E-state index contributed by atoms with van der Waals surface area (Å²) in [6.45, 7) is 6.91. The van der Waals surface area contributed by atoms with Crippen molar-refractivity contribution in [1.29, 1.82) is 0 Å². The monoisotopic (exact) mass is 335 g/mol. The van der Waals surface area contributed by atoms with Gasteiger partial charge >= 0.3 is 0 Å². The van der Waals surface area contributed by atoms with Gasteiger partial charge in [0.2, 0.25) is 0 Å². The van der Waals surface area contributed by atoms with Crippen molar-refractivity contribution in [3.63, 3.8) is 0 Å². The molecule has 0 aliphatic carbocycles. The molecular formula is C17H22FN3OS. The maximum atomic E-state index is 14.3. The molecule has 0 fully saturated rings. The number of benzene rings is 1. The first kappa shape index (κ1) is 17.4. The van der Waals surface area contributed by atoms with E-state index in [1.807, 2.05) is 20.8 Å². The molecule has 124 valence electrons. The number of thiocarbonyl (C=S) groups is 1. The molecule has 0 saturated heterocycles. The van der Waals surface area contributed by atoms with Crippen molar-refractivity contribution in [2.45, 2.75) is 26.8 Å². The minimum absolute atomic E-state index is 0.0948. The molecular weight excluding hydrogens is 313 g/mol. The topological polar surface area (TPSA) is 35.6 Å². The average Bonchev–Trinajstić information content (AvgIpc) is 2.54. The number of rotatable bonds is 4. The zero-order valence-corrected chi connectivity index (χ0v) is 14.7. The van der Waals surface area contributed by atoms with Gasteiger partial charge in [0.15, 0.2) is 5.11 Å². The van der Waals surface area contributed by atoms with Crippen molar-refractivity contribution in [2.75, 3.05) is 20.1 Å². The minimum Gasteiger partial charge on any atom is -0.351 e. The van der Waals surface area contributed by atoms with Crippen LogP contribution in [0.5, 0.6) is 0 Å². The van der Waals surface area contributed by atoms with E-state index in [2.05, 4.69) is 5.32 Å². The number of likely N-dealkylation sites (N-methyl/N-ethyl adjacent to an activating group) is 1. The predicted octanol–water partition coefficient (Wildman–Crippen LogP) is 2.83. The van der Waals surface area contributed by atoms with Crippen molar-refractivity contribution in [1.82, 2.24) is 15.1 Å². The molecule has 6 heteroatoms. The lowest BCUT2D eigenvalue weighted by atomic mass is 9.93. The van der Waals surface area contributed by atoms with Gasteiger partial charge in [-0.05, 0) is 39.1 Å². The summed E-state index contributed by atoms with van der Waals surface area (Å²) in [7, 11) is 1.80. The number of hydrogen-bond acceptors (Lipinski definition) is 2. The Balaban J connectivity index is 2.57. The zero-order valence-electron chi connectivity index (χ0n) is 13.9. The summed E-state index contributed by atoms with van der Waals surface area (Å²) in [5.74, 6) is -0.447. The zero-order chi connectivity index (χ0) is 17.1. The van der Waals surface area contributed by atoms with Crippen LogP contribution in [0.1, 0.15) is 32.4 Å². The largest absolute Gasteiger partial charge is 0.351 e. The highest BCUT2D eigenvalue weighted by molar-refractivity contribution is 7.80. The average molecular weight is 335 g/mol. The third-order valence-corrected chi connectivity index (χ3v) is 4.64. The molecule has 23 heavy (non-hydrogen) atoms. The number of nitrogens with zero attached hydrogens (tertiary/aromatic N) is 2.